The minimum Gasteiger partial charge on any atom is -0.389 e. The van der Waals surface area contributed by atoms with Gasteiger partial charge in [-0.15, -0.1) is 6.58 Å². The highest BCUT2D eigenvalue weighted by Gasteiger charge is 2.26. The van der Waals surface area contributed by atoms with Crippen LogP contribution in [-0.4, -0.2) is 21.9 Å². The van der Waals surface area contributed by atoms with Crippen LogP contribution in [0, 0.1) is 0 Å². The predicted octanol–water partition coefficient (Wildman–Crippen LogP) is 1.53. The molecule has 1 aromatic carbocycles. The van der Waals surface area contributed by atoms with Crippen LogP contribution in [0.15, 0.2) is 43.0 Å². The summed E-state index contributed by atoms with van der Waals surface area (Å²) in [5.41, 5.74) is -0.224. The summed E-state index contributed by atoms with van der Waals surface area (Å²) >= 11 is 0. The lowest BCUT2D eigenvalue weighted by molar-refractivity contribution is -0.0250. The van der Waals surface area contributed by atoms with Gasteiger partial charge in [-0.05, 0) is 12.5 Å². The summed E-state index contributed by atoms with van der Waals surface area (Å²) in [5, 5.41) is 19.4. The molecular formula is C12H16O2. The van der Waals surface area contributed by atoms with E-state index in [4.69, 9.17) is 0 Å². The molecular weight excluding hydrogens is 176 g/mol. The number of rotatable bonds is 4. The molecule has 0 radical (unpaired) electrons. The fourth-order valence-corrected chi connectivity index (χ4v) is 1.18. The Morgan fingerprint density at radius 2 is 2.00 bits per heavy atom. The number of aliphatic hydroxyl groups excluding tert-OH is 1. The summed E-state index contributed by atoms with van der Waals surface area (Å²) < 4.78 is 0. The minimum absolute atomic E-state index is 0.430. The smallest absolute Gasteiger partial charge is 0.106 e. The van der Waals surface area contributed by atoms with Gasteiger partial charge >= 0.3 is 0 Å². The monoisotopic (exact) mass is 192 g/mol. The molecule has 0 amide bonds. The van der Waals surface area contributed by atoms with Crippen molar-refractivity contribution in [2.75, 3.05) is 0 Å². The van der Waals surface area contributed by atoms with Gasteiger partial charge < -0.3 is 10.2 Å². The molecule has 0 bridgehead atoms. The Balaban J connectivity index is 2.66. The molecule has 0 heterocycles. The second-order valence-corrected chi connectivity index (χ2v) is 3.64. The van der Waals surface area contributed by atoms with Gasteiger partial charge in [0.25, 0.3) is 0 Å². The summed E-state index contributed by atoms with van der Waals surface area (Å²) in [6.07, 6.45) is 0.975. The fraction of sp³-hybridized carbons (Fsp3) is 0.333. The van der Waals surface area contributed by atoms with E-state index >= 15 is 0 Å². The van der Waals surface area contributed by atoms with Gasteiger partial charge in [0, 0.05) is 6.42 Å². The topological polar surface area (TPSA) is 40.5 Å². The van der Waals surface area contributed by atoms with Gasteiger partial charge in [0.15, 0.2) is 0 Å². The van der Waals surface area contributed by atoms with Crippen molar-refractivity contribution in [1.29, 1.82) is 0 Å². The largest absolute Gasteiger partial charge is 0.389 e. The van der Waals surface area contributed by atoms with Crippen molar-refractivity contribution >= 4 is 0 Å². The zero-order chi connectivity index (χ0) is 10.6. The summed E-state index contributed by atoms with van der Waals surface area (Å²) in [7, 11) is 0. The van der Waals surface area contributed by atoms with E-state index in [1.165, 1.54) is 6.08 Å². The summed E-state index contributed by atoms with van der Waals surface area (Å²) in [6.45, 7) is 5.03. The molecule has 2 nitrogen and oxygen atoms in total. The maximum Gasteiger partial charge on any atom is 0.106 e. The normalized spacial score (nSPS) is 17.1. The molecule has 0 aliphatic heterocycles. The van der Waals surface area contributed by atoms with Gasteiger partial charge in [-0.1, -0.05) is 36.4 Å². The number of hydrogen-bond donors (Lipinski definition) is 2. The number of aliphatic hydroxyl groups is 2. The highest BCUT2D eigenvalue weighted by Crippen LogP contribution is 2.15. The second kappa shape index (κ2) is 4.40. The zero-order valence-electron chi connectivity index (χ0n) is 8.35. The van der Waals surface area contributed by atoms with Crippen LogP contribution in [0.4, 0.5) is 0 Å². The molecule has 76 valence electrons. The van der Waals surface area contributed by atoms with Gasteiger partial charge in [-0.25, -0.2) is 0 Å². The van der Waals surface area contributed by atoms with Gasteiger partial charge in [-0.2, -0.15) is 0 Å². The van der Waals surface area contributed by atoms with E-state index in [1.54, 1.807) is 6.92 Å². The summed E-state index contributed by atoms with van der Waals surface area (Å²) in [6, 6.07) is 9.57. The van der Waals surface area contributed by atoms with Crippen LogP contribution < -0.4 is 0 Å². The van der Waals surface area contributed by atoms with Crippen LogP contribution in [0.25, 0.3) is 0 Å². The van der Waals surface area contributed by atoms with Crippen molar-refractivity contribution in [3.63, 3.8) is 0 Å². The first-order chi connectivity index (χ1) is 6.56. The molecule has 0 spiro atoms. The lowest BCUT2D eigenvalue weighted by Crippen LogP contribution is -2.38. The van der Waals surface area contributed by atoms with Crippen molar-refractivity contribution in [2.24, 2.45) is 0 Å². The highest BCUT2D eigenvalue weighted by atomic mass is 16.3. The van der Waals surface area contributed by atoms with Crippen LogP contribution >= 0.6 is 0 Å². The molecule has 0 aromatic heterocycles. The maximum atomic E-state index is 9.71. The number of benzene rings is 1. The van der Waals surface area contributed by atoms with Crippen LogP contribution in [-0.2, 0) is 6.42 Å². The Hall–Kier alpha value is -1.12. The third-order valence-corrected chi connectivity index (χ3v) is 2.36. The molecule has 0 unspecified atom stereocenters. The van der Waals surface area contributed by atoms with Gasteiger partial charge in [-0.3, -0.25) is 0 Å². The van der Waals surface area contributed by atoms with E-state index in [1.807, 2.05) is 30.3 Å². The van der Waals surface area contributed by atoms with Gasteiger partial charge in [0.05, 0.1) is 6.10 Å². The van der Waals surface area contributed by atoms with Crippen molar-refractivity contribution in [3.8, 4) is 0 Å². The maximum absolute atomic E-state index is 9.71. The lowest BCUT2D eigenvalue weighted by Gasteiger charge is -2.25. The van der Waals surface area contributed by atoms with Crippen LogP contribution in [0.2, 0.25) is 0 Å². The summed E-state index contributed by atoms with van der Waals surface area (Å²) in [4.78, 5) is 0. The average molecular weight is 192 g/mol. The Morgan fingerprint density at radius 3 is 2.50 bits per heavy atom. The van der Waals surface area contributed by atoms with Crippen molar-refractivity contribution in [2.45, 2.75) is 25.0 Å². The lowest BCUT2D eigenvalue weighted by atomic mass is 9.94. The van der Waals surface area contributed by atoms with Gasteiger partial charge in [0.2, 0.25) is 0 Å². The minimum atomic E-state index is -1.23. The SMILES string of the molecule is C=C[C@@](C)(O)[C@H](O)Cc1ccccc1. The third-order valence-electron chi connectivity index (χ3n) is 2.36. The molecule has 2 N–H and O–H groups in total. The quantitative estimate of drug-likeness (QED) is 0.710. The molecule has 0 saturated heterocycles. The van der Waals surface area contributed by atoms with E-state index in [0.717, 1.165) is 5.56 Å². The molecule has 0 saturated carbocycles. The third kappa shape index (κ3) is 2.69. The second-order valence-electron chi connectivity index (χ2n) is 3.64. The predicted molar refractivity (Wildman–Crippen MR) is 57.0 cm³/mol. The average Bonchev–Trinajstić information content (AvgIpc) is 2.19. The molecule has 0 aliphatic carbocycles. The molecule has 14 heavy (non-hydrogen) atoms. The van der Waals surface area contributed by atoms with Crippen LogP contribution in [0.1, 0.15) is 12.5 Å². The molecule has 0 fully saturated rings. The first-order valence-electron chi connectivity index (χ1n) is 4.64. The Labute approximate surface area is 84.5 Å². The summed E-state index contributed by atoms with van der Waals surface area (Å²) in [5.74, 6) is 0. The molecule has 2 heteroatoms. The van der Waals surface area contributed by atoms with E-state index in [-0.39, 0.29) is 0 Å². The first kappa shape index (κ1) is 11.0. The molecule has 2 atom stereocenters. The van der Waals surface area contributed by atoms with E-state index < -0.39 is 11.7 Å². The standard InChI is InChI=1S/C12H16O2/c1-3-12(2,14)11(13)9-10-7-5-4-6-8-10/h3-8,11,13-14H,1,9H2,2H3/t11-,12-/m1/s1. The Morgan fingerprint density at radius 1 is 1.43 bits per heavy atom. The molecule has 1 aromatic rings. The zero-order valence-corrected chi connectivity index (χ0v) is 8.35. The number of hydrogen-bond acceptors (Lipinski definition) is 2. The first-order valence-corrected chi connectivity index (χ1v) is 4.64. The highest BCUT2D eigenvalue weighted by molar-refractivity contribution is 5.17. The van der Waals surface area contributed by atoms with Gasteiger partial charge in [0.1, 0.15) is 5.60 Å². The van der Waals surface area contributed by atoms with E-state index in [9.17, 15) is 10.2 Å². The molecule has 0 aliphatic rings. The van der Waals surface area contributed by atoms with E-state index in [2.05, 4.69) is 6.58 Å². The van der Waals surface area contributed by atoms with Crippen molar-refractivity contribution in [3.05, 3.63) is 48.6 Å². The van der Waals surface area contributed by atoms with Crippen molar-refractivity contribution < 1.29 is 10.2 Å². The molecule has 1 rings (SSSR count). The van der Waals surface area contributed by atoms with Crippen LogP contribution in [0.5, 0.6) is 0 Å². The van der Waals surface area contributed by atoms with Crippen molar-refractivity contribution in [1.82, 2.24) is 0 Å². The Kier molecular flexibility index (Phi) is 3.44. The van der Waals surface area contributed by atoms with Crippen LogP contribution in [0.3, 0.4) is 0 Å². The Bertz CT molecular complexity index is 290. The fourth-order valence-electron chi connectivity index (χ4n) is 1.18. The van der Waals surface area contributed by atoms with E-state index in [0.29, 0.717) is 6.42 Å².